The van der Waals surface area contributed by atoms with Gasteiger partial charge in [-0.2, -0.15) is 0 Å². The van der Waals surface area contributed by atoms with Crippen LogP contribution in [-0.2, 0) is 16.4 Å². The van der Waals surface area contributed by atoms with Crippen LogP contribution in [0.4, 0.5) is 10.8 Å². The van der Waals surface area contributed by atoms with E-state index >= 15 is 0 Å². The van der Waals surface area contributed by atoms with Gasteiger partial charge in [0.15, 0.2) is 0 Å². The van der Waals surface area contributed by atoms with Crippen molar-refractivity contribution < 1.29 is 8.42 Å². The number of benzene rings is 1. The van der Waals surface area contributed by atoms with Crippen molar-refractivity contribution in [3.63, 3.8) is 0 Å². The lowest BCUT2D eigenvalue weighted by molar-refractivity contribution is 0.600. The minimum Gasteiger partial charge on any atom is -0.398 e. The fraction of sp³-hybridized carbons (Fsp3) is 0.333. The second kappa shape index (κ2) is 5.37. The molecule has 3 N–H and O–H groups in total. The molecule has 108 valence electrons. The number of sulfonamides is 1. The topological polar surface area (TPSA) is 98.0 Å². The molecule has 1 aromatic carbocycles. The average Bonchev–Trinajstić information content (AvgIpc) is 2.80. The molecule has 0 aliphatic rings. The van der Waals surface area contributed by atoms with Gasteiger partial charge in [-0.15, -0.1) is 10.2 Å². The molecule has 1 aromatic heterocycles. The van der Waals surface area contributed by atoms with Gasteiger partial charge in [0.1, 0.15) is 5.01 Å². The van der Waals surface area contributed by atoms with Crippen LogP contribution >= 0.6 is 11.3 Å². The van der Waals surface area contributed by atoms with E-state index in [0.717, 1.165) is 17.0 Å². The van der Waals surface area contributed by atoms with Crippen LogP contribution in [0.2, 0.25) is 0 Å². The number of hydrogen-bond acceptors (Lipinski definition) is 6. The number of nitrogens with one attached hydrogen (secondary N) is 1. The molecule has 0 fully saturated rings. The molecule has 0 aliphatic heterocycles. The smallest absolute Gasteiger partial charge is 0.264 e. The van der Waals surface area contributed by atoms with Gasteiger partial charge in [0.05, 0.1) is 4.90 Å². The monoisotopic (exact) mass is 312 g/mol. The van der Waals surface area contributed by atoms with Gasteiger partial charge in [-0.05, 0) is 43.5 Å². The summed E-state index contributed by atoms with van der Waals surface area (Å²) in [5.41, 5.74) is 7.60. The van der Waals surface area contributed by atoms with Crippen LogP contribution in [0, 0.1) is 13.8 Å². The Bertz CT molecular complexity index is 738. The zero-order valence-corrected chi connectivity index (χ0v) is 13.1. The predicted molar refractivity (Wildman–Crippen MR) is 80.4 cm³/mol. The van der Waals surface area contributed by atoms with Gasteiger partial charge >= 0.3 is 0 Å². The van der Waals surface area contributed by atoms with Crippen molar-refractivity contribution in [1.82, 2.24) is 10.2 Å². The second-order valence-corrected chi connectivity index (χ2v) is 7.15. The minimum absolute atomic E-state index is 0.170. The third-order valence-electron chi connectivity index (χ3n) is 2.83. The first-order valence-electron chi connectivity index (χ1n) is 6.05. The molecule has 6 nitrogen and oxygen atoms in total. The summed E-state index contributed by atoms with van der Waals surface area (Å²) in [5, 5.41) is 8.75. The van der Waals surface area contributed by atoms with E-state index in [2.05, 4.69) is 14.9 Å². The van der Waals surface area contributed by atoms with Gasteiger partial charge in [0.25, 0.3) is 10.0 Å². The van der Waals surface area contributed by atoms with E-state index in [1.54, 1.807) is 26.0 Å². The lowest BCUT2D eigenvalue weighted by Crippen LogP contribution is -2.15. The second-order valence-electron chi connectivity index (χ2n) is 4.44. The zero-order chi connectivity index (χ0) is 14.9. The molecule has 1 heterocycles. The third-order valence-corrected chi connectivity index (χ3v) is 5.40. The lowest BCUT2D eigenvalue weighted by Gasteiger charge is -2.11. The third kappa shape index (κ3) is 2.91. The summed E-state index contributed by atoms with van der Waals surface area (Å²) >= 11 is 1.22. The van der Waals surface area contributed by atoms with Crippen LogP contribution in [0.25, 0.3) is 0 Å². The van der Waals surface area contributed by atoms with Crippen molar-refractivity contribution in [2.24, 2.45) is 0 Å². The zero-order valence-electron chi connectivity index (χ0n) is 11.5. The average molecular weight is 312 g/mol. The molecule has 0 saturated carbocycles. The molecule has 0 unspecified atom stereocenters. The number of nitrogens with two attached hydrogens (primary N) is 1. The normalized spacial score (nSPS) is 11.6. The van der Waals surface area contributed by atoms with Gasteiger partial charge in [0, 0.05) is 5.69 Å². The van der Waals surface area contributed by atoms with E-state index in [4.69, 9.17) is 5.73 Å². The highest BCUT2D eigenvalue weighted by Gasteiger charge is 2.20. The van der Waals surface area contributed by atoms with Crippen molar-refractivity contribution in [1.29, 1.82) is 0 Å². The predicted octanol–water partition coefficient (Wildman–Crippen LogP) is 2.10. The van der Waals surface area contributed by atoms with Gasteiger partial charge in [-0.25, -0.2) is 8.42 Å². The van der Waals surface area contributed by atoms with Crippen LogP contribution < -0.4 is 10.5 Å². The van der Waals surface area contributed by atoms with Gasteiger partial charge in [-0.3, -0.25) is 4.72 Å². The van der Waals surface area contributed by atoms with Crippen LogP contribution in [0.3, 0.4) is 0 Å². The van der Waals surface area contributed by atoms with Crippen molar-refractivity contribution in [2.45, 2.75) is 32.1 Å². The van der Waals surface area contributed by atoms with Crippen molar-refractivity contribution in [3.8, 4) is 0 Å². The Hall–Kier alpha value is -1.67. The Morgan fingerprint density at radius 2 is 2.00 bits per heavy atom. The molecule has 0 atom stereocenters. The largest absolute Gasteiger partial charge is 0.398 e. The highest BCUT2D eigenvalue weighted by Crippen LogP contribution is 2.26. The summed E-state index contributed by atoms with van der Waals surface area (Å²) in [5.74, 6) is 0. The molecule has 0 saturated heterocycles. The summed E-state index contributed by atoms with van der Waals surface area (Å²) in [6.07, 6.45) is 0.718. The first-order valence-corrected chi connectivity index (χ1v) is 8.35. The molecule has 0 bridgehead atoms. The number of rotatable bonds is 4. The standard InChI is InChI=1S/C12H16N4O2S2/c1-4-11-14-15-12(19-11)16-20(17,18)10-6-7(2)5-9(13)8(10)3/h5-6H,4,13H2,1-3H3,(H,15,16). The summed E-state index contributed by atoms with van der Waals surface area (Å²) in [4.78, 5) is 0.170. The molecule has 2 rings (SSSR count). The number of nitrogens with zero attached hydrogens (tertiary/aromatic N) is 2. The molecule has 0 aliphatic carbocycles. The number of aryl methyl sites for hydroxylation is 2. The van der Waals surface area contributed by atoms with Crippen LogP contribution in [0.15, 0.2) is 17.0 Å². The quantitative estimate of drug-likeness (QED) is 0.842. The highest BCUT2D eigenvalue weighted by atomic mass is 32.2. The van der Waals surface area contributed by atoms with Gasteiger partial charge in [-0.1, -0.05) is 18.3 Å². The molecule has 2 aromatic rings. The Balaban J connectivity index is 2.40. The van der Waals surface area contributed by atoms with Crippen molar-refractivity contribution in [2.75, 3.05) is 10.5 Å². The summed E-state index contributed by atoms with van der Waals surface area (Å²) in [6.45, 7) is 5.42. The SMILES string of the molecule is CCc1nnc(NS(=O)(=O)c2cc(C)cc(N)c2C)s1. The molecule has 20 heavy (non-hydrogen) atoms. The lowest BCUT2D eigenvalue weighted by atomic mass is 10.1. The number of aromatic nitrogens is 2. The molecular weight excluding hydrogens is 296 g/mol. The summed E-state index contributed by atoms with van der Waals surface area (Å²) in [6, 6.07) is 3.34. The van der Waals surface area contributed by atoms with Gasteiger partial charge < -0.3 is 5.73 Å². The van der Waals surface area contributed by atoms with Crippen molar-refractivity contribution in [3.05, 3.63) is 28.3 Å². The fourth-order valence-electron chi connectivity index (χ4n) is 1.74. The van der Waals surface area contributed by atoms with E-state index in [-0.39, 0.29) is 10.0 Å². The minimum atomic E-state index is -3.71. The van der Waals surface area contributed by atoms with E-state index in [0.29, 0.717) is 11.3 Å². The molecule has 8 heteroatoms. The van der Waals surface area contributed by atoms with E-state index in [9.17, 15) is 8.42 Å². The Morgan fingerprint density at radius 3 is 2.60 bits per heavy atom. The van der Waals surface area contributed by atoms with E-state index in [1.807, 2.05) is 6.92 Å². The number of hydrogen-bond donors (Lipinski definition) is 2. The molecule has 0 radical (unpaired) electrons. The Labute approximate surface area is 122 Å². The van der Waals surface area contributed by atoms with Gasteiger partial charge in [0.2, 0.25) is 5.13 Å². The molecule has 0 spiro atoms. The number of nitrogen functional groups attached to an aromatic ring is 1. The maximum atomic E-state index is 12.4. The molecule has 0 amide bonds. The van der Waals surface area contributed by atoms with Crippen molar-refractivity contribution >= 4 is 32.2 Å². The van der Waals surface area contributed by atoms with E-state index < -0.39 is 10.0 Å². The Kier molecular flexibility index (Phi) is 3.96. The van der Waals surface area contributed by atoms with Crippen LogP contribution in [0.1, 0.15) is 23.1 Å². The summed E-state index contributed by atoms with van der Waals surface area (Å²) < 4.78 is 27.2. The van der Waals surface area contributed by atoms with Crippen LogP contribution in [-0.4, -0.2) is 18.6 Å². The van der Waals surface area contributed by atoms with E-state index in [1.165, 1.54) is 11.3 Å². The maximum Gasteiger partial charge on any atom is 0.264 e. The maximum absolute atomic E-state index is 12.4. The fourth-order valence-corrected chi connectivity index (χ4v) is 4.01. The highest BCUT2D eigenvalue weighted by molar-refractivity contribution is 7.93. The first-order chi connectivity index (χ1) is 9.33. The first kappa shape index (κ1) is 14.7. The molecular formula is C12H16N4O2S2. The summed E-state index contributed by atoms with van der Waals surface area (Å²) in [7, 11) is -3.71. The van der Waals surface area contributed by atoms with Crippen LogP contribution in [0.5, 0.6) is 0 Å². The number of anilines is 2. The Morgan fingerprint density at radius 1 is 1.30 bits per heavy atom.